The number of alkyl halides is 3. The zero-order chi connectivity index (χ0) is 22.8. The van der Waals surface area contributed by atoms with Crippen LogP contribution in [0.25, 0.3) is 5.65 Å². The van der Waals surface area contributed by atoms with E-state index in [4.69, 9.17) is 4.74 Å². The summed E-state index contributed by atoms with van der Waals surface area (Å²) in [6.45, 7) is 0.0692. The summed E-state index contributed by atoms with van der Waals surface area (Å²) in [5.74, 6) is 5.72. The van der Waals surface area contributed by atoms with Crippen molar-refractivity contribution >= 4 is 48.9 Å². The summed E-state index contributed by atoms with van der Waals surface area (Å²) < 4.78 is 69.5. The average molecular weight is 534 g/mol. The van der Waals surface area contributed by atoms with Gasteiger partial charge in [-0.2, -0.15) is 13.2 Å². The monoisotopic (exact) mass is 533 g/mol. The molecule has 3 rings (SSSR count). The molecule has 0 amide bonds. The number of methoxy groups -OCH3 is 1. The molecule has 0 saturated heterocycles. The minimum atomic E-state index is -4.50. The van der Waals surface area contributed by atoms with Crippen LogP contribution in [0.2, 0.25) is 0 Å². The lowest BCUT2D eigenvalue weighted by molar-refractivity contribution is -0.0329. The number of nitrogens with zero attached hydrogens (tertiary/aromatic N) is 2. The zero-order valence-corrected chi connectivity index (χ0v) is 19.3. The molecule has 31 heavy (non-hydrogen) atoms. The number of sulfone groups is 1. The van der Waals surface area contributed by atoms with E-state index in [0.29, 0.717) is 21.6 Å². The maximum Gasteiger partial charge on any atom is 0.447 e. The van der Waals surface area contributed by atoms with E-state index in [0.717, 1.165) is 6.26 Å². The van der Waals surface area contributed by atoms with Crippen LogP contribution in [0.3, 0.4) is 0 Å². The SMILES string of the molecule is COc1cc(S(C)(=O)=O)ccc1NCC#Cc1nc2c(Br)cccn2c1SC(F)(F)F. The molecule has 6 nitrogen and oxygen atoms in total. The first-order valence-corrected chi connectivity index (χ1v) is 12.0. The average Bonchev–Trinajstić information content (AvgIpc) is 3.02. The molecule has 1 N–H and O–H groups in total. The van der Waals surface area contributed by atoms with Gasteiger partial charge in [0.2, 0.25) is 0 Å². The Hall–Kier alpha value is -2.36. The van der Waals surface area contributed by atoms with Crippen LogP contribution in [0.1, 0.15) is 5.69 Å². The summed E-state index contributed by atoms with van der Waals surface area (Å²) in [6.07, 6.45) is 2.57. The van der Waals surface area contributed by atoms with Gasteiger partial charge >= 0.3 is 5.51 Å². The standard InChI is InChI=1S/C19H15BrF3N3O3S2/c1-29-16-11-12(31(2,27)28)7-8-14(16)24-9-3-6-15-18(30-19(21,22)23)26-10-4-5-13(20)17(26)25-15/h4-5,7-8,10-11,24H,9H2,1-2H3. The van der Waals surface area contributed by atoms with E-state index in [2.05, 4.69) is 38.1 Å². The van der Waals surface area contributed by atoms with E-state index in [1.165, 1.54) is 35.9 Å². The summed E-state index contributed by atoms with van der Waals surface area (Å²) in [6, 6.07) is 7.61. The first kappa shape index (κ1) is 23.3. The Bertz CT molecular complexity index is 1300. The molecule has 0 spiro atoms. The summed E-state index contributed by atoms with van der Waals surface area (Å²) in [5, 5.41) is 2.83. The van der Waals surface area contributed by atoms with Crippen molar-refractivity contribution in [2.24, 2.45) is 0 Å². The molecule has 1 aromatic carbocycles. The van der Waals surface area contributed by atoms with Crippen molar-refractivity contribution in [1.82, 2.24) is 9.38 Å². The Morgan fingerprint density at radius 2 is 2.06 bits per heavy atom. The van der Waals surface area contributed by atoms with E-state index in [1.54, 1.807) is 12.1 Å². The molecule has 0 bridgehead atoms. The number of ether oxygens (including phenoxy) is 1. The third-order valence-electron chi connectivity index (χ3n) is 3.95. The van der Waals surface area contributed by atoms with Crippen LogP contribution in [-0.4, -0.2) is 43.2 Å². The third-order valence-corrected chi connectivity index (χ3v) is 6.49. The second-order valence-electron chi connectivity index (χ2n) is 6.15. The summed E-state index contributed by atoms with van der Waals surface area (Å²) >= 11 is 3.00. The van der Waals surface area contributed by atoms with Crippen LogP contribution >= 0.6 is 27.7 Å². The highest BCUT2D eigenvalue weighted by Gasteiger charge is 2.33. The number of hydrogen-bond acceptors (Lipinski definition) is 6. The fourth-order valence-electron chi connectivity index (χ4n) is 2.62. The van der Waals surface area contributed by atoms with Crippen LogP contribution in [0.4, 0.5) is 18.9 Å². The minimum absolute atomic E-state index is 0.00425. The van der Waals surface area contributed by atoms with Gasteiger partial charge in [-0.3, -0.25) is 4.40 Å². The highest BCUT2D eigenvalue weighted by molar-refractivity contribution is 9.10. The van der Waals surface area contributed by atoms with Crippen molar-refractivity contribution in [3.8, 4) is 17.6 Å². The van der Waals surface area contributed by atoms with Crippen molar-refractivity contribution in [1.29, 1.82) is 0 Å². The number of nitrogens with one attached hydrogen (secondary N) is 1. The van der Waals surface area contributed by atoms with Crippen molar-refractivity contribution in [3.63, 3.8) is 0 Å². The van der Waals surface area contributed by atoms with Crippen molar-refractivity contribution in [3.05, 3.63) is 46.7 Å². The Balaban J connectivity index is 1.86. The van der Waals surface area contributed by atoms with Gasteiger partial charge in [-0.05, 0) is 46.1 Å². The molecule has 0 unspecified atom stereocenters. The molecule has 2 heterocycles. The van der Waals surface area contributed by atoms with Gasteiger partial charge in [0.05, 0.1) is 28.7 Å². The highest BCUT2D eigenvalue weighted by Crippen LogP contribution is 2.39. The second-order valence-corrected chi connectivity index (χ2v) is 10.1. The van der Waals surface area contributed by atoms with E-state index >= 15 is 0 Å². The fraction of sp³-hybridized carbons (Fsp3) is 0.211. The van der Waals surface area contributed by atoms with Gasteiger partial charge in [-0.25, -0.2) is 13.4 Å². The van der Waals surface area contributed by atoms with Gasteiger partial charge in [-0.1, -0.05) is 5.92 Å². The van der Waals surface area contributed by atoms with Gasteiger partial charge < -0.3 is 10.1 Å². The van der Waals surface area contributed by atoms with Gasteiger partial charge in [-0.15, -0.1) is 0 Å². The largest absolute Gasteiger partial charge is 0.495 e. The lowest BCUT2D eigenvalue weighted by atomic mass is 10.3. The zero-order valence-electron chi connectivity index (χ0n) is 16.1. The number of halogens is 4. The van der Waals surface area contributed by atoms with Crippen LogP contribution in [0, 0.1) is 11.8 Å². The Kier molecular flexibility index (Phi) is 6.78. The number of thioether (sulfide) groups is 1. The topological polar surface area (TPSA) is 72.7 Å². The fourth-order valence-corrected chi connectivity index (χ4v) is 4.34. The molecule has 0 aliphatic rings. The molecule has 12 heteroatoms. The maximum absolute atomic E-state index is 13.0. The van der Waals surface area contributed by atoms with Crippen LogP contribution in [0.5, 0.6) is 5.75 Å². The quantitative estimate of drug-likeness (QED) is 0.382. The van der Waals surface area contributed by atoms with Crippen molar-refractivity contribution in [2.75, 3.05) is 25.2 Å². The van der Waals surface area contributed by atoms with E-state index in [1.807, 2.05) is 0 Å². The predicted octanol–water partition coefficient (Wildman–Crippen LogP) is 4.58. The van der Waals surface area contributed by atoms with Crippen LogP contribution in [-0.2, 0) is 9.84 Å². The minimum Gasteiger partial charge on any atom is -0.495 e. The van der Waals surface area contributed by atoms with Gasteiger partial charge in [0.1, 0.15) is 16.5 Å². The molecule has 0 aliphatic heterocycles. The van der Waals surface area contributed by atoms with Crippen LogP contribution < -0.4 is 10.1 Å². The number of benzene rings is 1. The summed E-state index contributed by atoms with van der Waals surface area (Å²) in [4.78, 5) is 4.32. The lowest BCUT2D eigenvalue weighted by Crippen LogP contribution is -2.04. The first-order valence-electron chi connectivity index (χ1n) is 8.53. The van der Waals surface area contributed by atoms with E-state index < -0.39 is 15.3 Å². The lowest BCUT2D eigenvalue weighted by Gasteiger charge is -2.10. The predicted molar refractivity (Wildman–Crippen MR) is 116 cm³/mol. The molecular weight excluding hydrogens is 519 g/mol. The molecule has 0 saturated carbocycles. The molecule has 2 aromatic heterocycles. The van der Waals surface area contributed by atoms with Gasteiger partial charge in [0, 0.05) is 30.3 Å². The van der Waals surface area contributed by atoms with Gasteiger partial charge in [0.15, 0.2) is 15.5 Å². The van der Waals surface area contributed by atoms with E-state index in [9.17, 15) is 21.6 Å². The molecule has 0 atom stereocenters. The smallest absolute Gasteiger partial charge is 0.447 e. The Labute approximate surface area is 189 Å². The number of fused-ring (bicyclic) bond motifs is 1. The Morgan fingerprint density at radius 3 is 2.71 bits per heavy atom. The normalized spacial score (nSPS) is 11.8. The van der Waals surface area contributed by atoms with Crippen molar-refractivity contribution < 1.29 is 26.3 Å². The highest BCUT2D eigenvalue weighted by atomic mass is 79.9. The molecular formula is C19H15BrF3N3O3S2. The number of rotatable bonds is 5. The molecule has 0 radical (unpaired) electrons. The molecule has 0 fully saturated rings. The maximum atomic E-state index is 13.0. The number of anilines is 1. The number of imidazole rings is 1. The number of hydrogen-bond donors (Lipinski definition) is 1. The molecule has 164 valence electrons. The number of aromatic nitrogens is 2. The van der Waals surface area contributed by atoms with Crippen LogP contribution in [0.15, 0.2) is 50.9 Å². The molecule has 3 aromatic rings. The van der Waals surface area contributed by atoms with Crippen molar-refractivity contribution in [2.45, 2.75) is 15.4 Å². The second kappa shape index (κ2) is 9.02. The third kappa shape index (κ3) is 5.66. The Morgan fingerprint density at radius 1 is 1.32 bits per heavy atom. The van der Waals surface area contributed by atoms with E-state index in [-0.39, 0.29) is 33.9 Å². The molecule has 0 aliphatic carbocycles. The first-order chi connectivity index (χ1) is 14.5. The summed E-state index contributed by atoms with van der Waals surface area (Å²) in [7, 11) is -2.00. The summed E-state index contributed by atoms with van der Waals surface area (Å²) in [5.41, 5.74) is -3.69. The number of pyridine rings is 1. The van der Waals surface area contributed by atoms with Gasteiger partial charge in [0.25, 0.3) is 0 Å².